The van der Waals surface area contributed by atoms with Gasteiger partial charge in [-0.2, -0.15) is 9.40 Å². The van der Waals surface area contributed by atoms with Gasteiger partial charge in [0.15, 0.2) is 0 Å². The van der Waals surface area contributed by atoms with Gasteiger partial charge in [0.25, 0.3) is 0 Å². The van der Waals surface area contributed by atoms with E-state index in [1.54, 1.807) is 51.4 Å². The van der Waals surface area contributed by atoms with Crippen molar-refractivity contribution in [2.45, 2.75) is 32.2 Å². The summed E-state index contributed by atoms with van der Waals surface area (Å²) in [6.45, 7) is 6.20. The maximum atomic E-state index is 12.7. The van der Waals surface area contributed by atoms with E-state index in [1.165, 1.54) is 15.1 Å². The van der Waals surface area contributed by atoms with Crippen LogP contribution in [0.5, 0.6) is 0 Å². The van der Waals surface area contributed by atoms with Crippen LogP contribution in [-0.4, -0.2) is 41.5 Å². The molecular formula is C16H22N4O3S. The Bertz CT molecular complexity index is 797. The van der Waals surface area contributed by atoms with Crippen LogP contribution in [0.3, 0.4) is 0 Å². The number of sulfonamides is 1. The van der Waals surface area contributed by atoms with E-state index in [2.05, 4.69) is 10.4 Å². The number of aromatic nitrogens is 2. The first kappa shape index (κ1) is 18.2. The van der Waals surface area contributed by atoms with Gasteiger partial charge in [-0.15, -0.1) is 0 Å². The molecule has 0 unspecified atom stereocenters. The zero-order chi connectivity index (χ0) is 17.7. The zero-order valence-corrected chi connectivity index (χ0v) is 14.9. The summed E-state index contributed by atoms with van der Waals surface area (Å²) in [6, 6.07) is 6.62. The van der Waals surface area contributed by atoms with Crippen molar-refractivity contribution in [2.24, 2.45) is 0 Å². The first-order valence-electron chi connectivity index (χ1n) is 7.76. The highest BCUT2D eigenvalue weighted by Gasteiger charge is 2.24. The first-order chi connectivity index (χ1) is 11.4. The smallest absolute Gasteiger partial charge is 0.246 e. The number of hydrogen-bond donors (Lipinski definition) is 1. The van der Waals surface area contributed by atoms with Crippen LogP contribution >= 0.6 is 0 Å². The lowest BCUT2D eigenvalue weighted by Gasteiger charge is -2.20. The molecule has 0 aliphatic carbocycles. The van der Waals surface area contributed by atoms with Crippen molar-refractivity contribution in [1.82, 2.24) is 14.1 Å². The molecule has 7 nitrogen and oxygen atoms in total. The molecule has 1 aromatic carbocycles. The Labute approximate surface area is 142 Å². The van der Waals surface area contributed by atoms with Crippen molar-refractivity contribution in [2.75, 3.05) is 18.4 Å². The number of benzene rings is 1. The van der Waals surface area contributed by atoms with Crippen molar-refractivity contribution in [3.63, 3.8) is 0 Å². The highest BCUT2D eigenvalue weighted by Crippen LogP contribution is 2.23. The van der Waals surface area contributed by atoms with Gasteiger partial charge < -0.3 is 5.32 Å². The Morgan fingerprint density at radius 2 is 2.00 bits per heavy atom. The number of carbonyl (C=O) groups is 1. The van der Waals surface area contributed by atoms with Crippen molar-refractivity contribution in [3.05, 3.63) is 42.2 Å². The lowest BCUT2D eigenvalue weighted by atomic mass is 10.2. The largest absolute Gasteiger partial charge is 0.324 e. The number of aryl methyl sites for hydroxylation is 1. The monoisotopic (exact) mass is 350 g/mol. The van der Waals surface area contributed by atoms with Gasteiger partial charge in [-0.3, -0.25) is 9.48 Å². The van der Waals surface area contributed by atoms with Gasteiger partial charge >= 0.3 is 0 Å². The molecule has 0 fully saturated rings. The number of nitrogens with zero attached hydrogens (tertiary/aromatic N) is 3. The SMILES string of the molecule is CCN(CC)S(=O)(=O)c1cc(NC(=O)Cn2cccn2)ccc1C. The molecule has 0 radical (unpaired) electrons. The number of anilines is 1. The lowest BCUT2D eigenvalue weighted by Crippen LogP contribution is -2.31. The van der Waals surface area contributed by atoms with Crippen LogP contribution in [0.1, 0.15) is 19.4 Å². The second-order valence-corrected chi connectivity index (χ2v) is 7.23. The number of amides is 1. The van der Waals surface area contributed by atoms with Gasteiger partial charge in [0, 0.05) is 31.2 Å². The normalized spacial score (nSPS) is 11.7. The quantitative estimate of drug-likeness (QED) is 0.826. The maximum Gasteiger partial charge on any atom is 0.246 e. The molecule has 0 saturated carbocycles. The maximum absolute atomic E-state index is 12.7. The molecule has 1 N–H and O–H groups in total. The van der Waals surface area contributed by atoms with E-state index in [-0.39, 0.29) is 17.3 Å². The predicted octanol–water partition coefficient (Wildman–Crippen LogP) is 1.86. The minimum Gasteiger partial charge on any atom is -0.324 e. The van der Waals surface area contributed by atoms with E-state index >= 15 is 0 Å². The average molecular weight is 350 g/mol. The second-order valence-electron chi connectivity index (χ2n) is 5.32. The van der Waals surface area contributed by atoms with Crippen LogP contribution < -0.4 is 5.32 Å². The van der Waals surface area contributed by atoms with E-state index < -0.39 is 10.0 Å². The summed E-state index contributed by atoms with van der Waals surface area (Å²) >= 11 is 0. The Balaban J connectivity index is 2.23. The fraction of sp³-hybridized carbons (Fsp3) is 0.375. The van der Waals surface area contributed by atoms with Gasteiger partial charge in [-0.05, 0) is 30.7 Å². The van der Waals surface area contributed by atoms with Crippen molar-refractivity contribution in [1.29, 1.82) is 0 Å². The molecule has 1 heterocycles. The molecule has 0 bridgehead atoms. The first-order valence-corrected chi connectivity index (χ1v) is 9.20. The molecule has 1 amide bonds. The van der Waals surface area contributed by atoms with Gasteiger partial charge in [-0.1, -0.05) is 19.9 Å². The fourth-order valence-electron chi connectivity index (χ4n) is 2.40. The molecule has 0 aliphatic rings. The van der Waals surface area contributed by atoms with E-state index in [4.69, 9.17) is 0 Å². The second kappa shape index (κ2) is 7.59. The van der Waals surface area contributed by atoms with Crippen molar-refractivity contribution in [3.8, 4) is 0 Å². The van der Waals surface area contributed by atoms with Crippen LogP contribution in [0.25, 0.3) is 0 Å². The van der Waals surface area contributed by atoms with E-state index in [1.807, 2.05) is 0 Å². The number of rotatable bonds is 7. The molecule has 2 aromatic rings. The molecular weight excluding hydrogens is 328 g/mol. The van der Waals surface area contributed by atoms with Crippen LogP contribution in [0.4, 0.5) is 5.69 Å². The summed E-state index contributed by atoms with van der Waals surface area (Å²) in [5.74, 6) is -0.270. The van der Waals surface area contributed by atoms with E-state index in [9.17, 15) is 13.2 Å². The molecule has 0 saturated heterocycles. The molecule has 0 spiro atoms. The molecule has 1 aromatic heterocycles. The molecule has 24 heavy (non-hydrogen) atoms. The molecule has 8 heteroatoms. The zero-order valence-electron chi connectivity index (χ0n) is 14.1. The van der Waals surface area contributed by atoms with E-state index in [0.29, 0.717) is 24.3 Å². The Kier molecular flexibility index (Phi) is 5.74. The van der Waals surface area contributed by atoms with Gasteiger partial charge in [0.1, 0.15) is 6.54 Å². The van der Waals surface area contributed by atoms with Gasteiger partial charge in [0.2, 0.25) is 15.9 Å². The number of carbonyl (C=O) groups excluding carboxylic acids is 1. The standard InChI is InChI=1S/C16H22N4O3S/c1-4-20(5-2)24(22,23)15-11-14(8-7-13(15)3)18-16(21)12-19-10-6-9-17-19/h6-11H,4-5,12H2,1-3H3,(H,18,21). The summed E-state index contributed by atoms with van der Waals surface area (Å²) in [5.41, 5.74) is 1.09. The summed E-state index contributed by atoms with van der Waals surface area (Å²) in [4.78, 5) is 12.3. The highest BCUT2D eigenvalue weighted by molar-refractivity contribution is 7.89. The average Bonchev–Trinajstić information content (AvgIpc) is 3.02. The highest BCUT2D eigenvalue weighted by atomic mass is 32.2. The Morgan fingerprint density at radius 3 is 2.58 bits per heavy atom. The minimum absolute atomic E-state index is 0.0685. The minimum atomic E-state index is -3.58. The topological polar surface area (TPSA) is 84.3 Å². The number of nitrogens with one attached hydrogen (secondary N) is 1. The third kappa shape index (κ3) is 4.01. The Morgan fingerprint density at radius 1 is 1.29 bits per heavy atom. The molecule has 130 valence electrons. The number of hydrogen-bond acceptors (Lipinski definition) is 4. The third-order valence-corrected chi connectivity index (χ3v) is 5.85. The van der Waals surface area contributed by atoms with Crippen molar-refractivity contribution >= 4 is 21.6 Å². The van der Waals surface area contributed by atoms with Gasteiger partial charge in [0.05, 0.1) is 4.90 Å². The van der Waals surface area contributed by atoms with Crippen LogP contribution in [0, 0.1) is 6.92 Å². The summed E-state index contributed by atoms with van der Waals surface area (Å²) in [5, 5.41) is 6.68. The van der Waals surface area contributed by atoms with Crippen molar-refractivity contribution < 1.29 is 13.2 Å². The molecule has 0 atom stereocenters. The fourth-order valence-corrected chi connectivity index (χ4v) is 4.11. The molecule has 2 rings (SSSR count). The Hall–Kier alpha value is -2.19. The van der Waals surface area contributed by atoms with E-state index in [0.717, 1.165) is 0 Å². The van der Waals surface area contributed by atoms with Crippen LogP contribution in [0.2, 0.25) is 0 Å². The predicted molar refractivity (Wildman–Crippen MR) is 92.1 cm³/mol. The molecule has 0 aliphatic heterocycles. The summed E-state index contributed by atoms with van der Waals surface area (Å²) in [6.07, 6.45) is 3.28. The van der Waals surface area contributed by atoms with Crippen LogP contribution in [-0.2, 0) is 21.4 Å². The summed E-state index contributed by atoms with van der Waals surface area (Å²) < 4.78 is 28.3. The van der Waals surface area contributed by atoms with Gasteiger partial charge in [-0.25, -0.2) is 8.42 Å². The van der Waals surface area contributed by atoms with Crippen LogP contribution in [0.15, 0.2) is 41.6 Å². The third-order valence-electron chi connectivity index (χ3n) is 3.66. The lowest BCUT2D eigenvalue weighted by molar-refractivity contribution is -0.116. The summed E-state index contributed by atoms with van der Waals surface area (Å²) in [7, 11) is -3.58.